The van der Waals surface area contributed by atoms with Crippen molar-refractivity contribution in [2.75, 3.05) is 19.7 Å². The molecule has 1 unspecified atom stereocenters. The predicted octanol–water partition coefficient (Wildman–Crippen LogP) is 1.32. The van der Waals surface area contributed by atoms with Crippen LogP contribution in [0.2, 0.25) is 0 Å². The average molecular weight is 212 g/mol. The number of rotatable bonds is 4. The number of azide groups is 1. The van der Waals surface area contributed by atoms with E-state index in [1.165, 1.54) is 0 Å². The fourth-order valence-electron chi connectivity index (χ4n) is 1.87. The lowest BCUT2D eigenvalue weighted by molar-refractivity contribution is -0.148. The van der Waals surface area contributed by atoms with Gasteiger partial charge in [0.1, 0.15) is 6.04 Å². The number of likely N-dealkylation sites (N-methyl/N-ethyl adjacent to an activating group) is 1. The molecule has 2 atom stereocenters. The van der Waals surface area contributed by atoms with E-state index >= 15 is 0 Å². The summed E-state index contributed by atoms with van der Waals surface area (Å²) in [5.74, 6) is -0.213. The van der Waals surface area contributed by atoms with Gasteiger partial charge < -0.3 is 4.74 Å². The SMILES string of the molecule is CCOC(=O)[C@@H]1CC(N=[N+]=[N-])CN1CC. The fourth-order valence-corrected chi connectivity index (χ4v) is 1.87. The Labute approximate surface area is 88.8 Å². The topological polar surface area (TPSA) is 78.3 Å². The van der Waals surface area contributed by atoms with Crippen molar-refractivity contribution in [3.8, 4) is 0 Å². The normalized spacial score (nSPS) is 26.0. The van der Waals surface area contributed by atoms with Gasteiger partial charge in [0.2, 0.25) is 0 Å². The van der Waals surface area contributed by atoms with Crippen LogP contribution in [0.4, 0.5) is 0 Å². The van der Waals surface area contributed by atoms with Crippen LogP contribution in [0.15, 0.2) is 5.11 Å². The molecule has 0 spiro atoms. The molecule has 1 saturated heterocycles. The zero-order valence-electron chi connectivity index (χ0n) is 9.09. The highest BCUT2D eigenvalue weighted by atomic mass is 16.5. The smallest absolute Gasteiger partial charge is 0.323 e. The summed E-state index contributed by atoms with van der Waals surface area (Å²) in [4.78, 5) is 16.3. The second kappa shape index (κ2) is 5.58. The van der Waals surface area contributed by atoms with Crippen molar-refractivity contribution >= 4 is 5.97 Å². The molecule has 0 aromatic carbocycles. The van der Waals surface area contributed by atoms with Gasteiger partial charge in [-0.15, -0.1) is 0 Å². The van der Waals surface area contributed by atoms with E-state index in [0.717, 1.165) is 6.54 Å². The third-order valence-corrected chi connectivity index (χ3v) is 2.56. The molecule has 0 aromatic heterocycles. The minimum atomic E-state index is -0.245. The summed E-state index contributed by atoms with van der Waals surface area (Å²) in [6.45, 7) is 5.56. The van der Waals surface area contributed by atoms with Crippen molar-refractivity contribution in [1.29, 1.82) is 0 Å². The minimum absolute atomic E-state index is 0.107. The molecular weight excluding hydrogens is 196 g/mol. The maximum atomic E-state index is 11.6. The van der Waals surface area contributed by atoms with Gasteiger partial charge in [-0.1, -0.05) is 12.0 Å². The largest absolute Gasteiger partial charge is 0.465 e. The number of carbonyl (C=O) groups excluding carboxylic acids is 1. The first-order chi connectivity index (χ1) is 7.22. The minimum Gasteiger partial charge on any atom is -0.465 e. The maximum Gasteiger partial charge on any atom is 0.323 e. The highest BCUT2D eigenvalue weighted by Crippen LogP contribution is 2.21. The van der Waals surface area contributed by atoms with Crippen LogP contribution in [0.25, 0.3) is 10.4 Å². The molecule has 0 saturated carbocycles. The molecule has 1 heterocycles. The zero-order valence-corrected chi connectivity index (χ0v) is 9.09. The summed E-state index contributed by atoms with van der Waals surface area (Å²) in [5, 5.41) is 3.65. The van der Waals surface area contributed by atoms with Crippen LogP contribution in [0, 0.1) is 0 Å². The van der Waals surface area contributed by atoms with Crippen LogP contribution in [0.1, 0.15) is 20.3 Å². The summed E-state index contributed by atoms with van der Waals surface area (Å²) < 4.78 is 4.97. The Bertz CT molecular complexity index is 275. The number of nitrogens with zero attached hydrogens (tertiary/aromatic N) is 4. The maximum absolute atomic E-state index is 11.6. The number of hydrogen-bond acceptors (Lipinski definition) is 4. The highest BCUT2D eigenvalue weighted by molar-refractivity contribution is 5.76. The Balaban J connectivity index is 2.63. The lowest BCUT2D eigenvalue weighted by Gasteiger charge is -2.20. The zero-order chi connectivity index (χ0) is 11.3. The van der Waals surface area contributed by atoms with Crippen LogP contribution in [0.5, 0.6) is 0 Å². The van der Waals surface area contributed by atoms with Crippen molar-refractivity contribution in [2.24, 2.45) is 5.11 Å². The highest BCUT2D eigenvalue weighted by Gasteiger charge is 2.36. The Morgan fingerprint density at radius 2 is 2.40 bits per heavy atom. The third kappa shape index (κ3) is 2.84. The summed E-state index contributed by atoms with van der Waals surface area (Å²) in [7, 11) is 0. The van der Waals surface area contributed by atoms with E-state index in [-0.39, 0.29) is 18.1 Å². The van der Waals surface area contributed by atoms with Gasteiger partial charge >= 0.3 is 5.97 Å². The number of esters is 1. The van der Waals surface area contributed by atoms with Crippen molar-refractivity contribution in [3.05, 3.63) is 10.4 Å². The van der Waals surface area contributed by atoms with Gasteiger partial charge in [0.15, 0.2) is 0 Å². The molecule has 0 bridgehead atoms. The van der Waals surface area contributed by atoms with E-state index in [9.17, 15) is 4.79 Å². The molecule has 1 fully saturated rings. The number of carbonyl (C=O) groups is 1. The molecule has 0 radical (unpaired) electrons. The Hall–Kier alpha value is -1.26. The van der Waals surface area contributed by atoms with Gasteiger partial charge in [0, 0.05) is 11.5 Å². The predicted molar refractivity (Wildman–Crippen MR) is 55.2 cm³/mol. The molecule has 6 nitrogen and oxygen atoms in total. The monoisotopic (exact) mass is 212 g/mol. The van der Waals surface area contributed by atoms with E-state index in [4.69, 9.17) is 10.3 Å². The van der Waals surface area contributed by atoms with Crippen molar-refractivity contribution in [2.45, 2.75) is 32.4 Å². The van der Waals surface area contributed by atoms with Crippen molar-refractivity contribution in [3.63, 3.8) is 0 Å². The summed E-state index contributed by atoms with van der Waals surface area (Å²) in [6.07, 6.45) is 0.566. The van der Waals surface area contributed by atoms with E-state index < -0.39 is 0 Å². The van der Waals surface area contributed by atoms with Gasteiger partial charge in [-0.3, -0.25) is 9.69 Å². The first-order valence-electron chi connectivity index (χ1n) is 5.17. The summed E-state index contributed by atoms with van der Waals surface area (Å²) in [5.41, 5.74) is 8.34. The summed E-state index contributed by atoms with van der Waals surface area (Å²) >= 11 is 0. The second-order valence-corrected chi connectivity index (χ2v) is 3.45. The lowest BCUT2D eigenvalue weighted by atomic mass is 10.2. The van der Waals surface area contributed by atoms with Crippen LogP contribution in [-0.4, -0.2) is 42.6 Å². The van der Waals surface area contributed by atoms with Crippen LogP contribution < -0.4 is 0 Å². The Kier molecular flexibility index (Phi) is 4.39. The fraction of sp³-hybridized carbons (Fsp3) is 0.889. The molecular formula is C9H16N4O2. The van der Waals surface area contributed by atoms with Crippen LogP contribution in [0.3, 0.4) is 0 Å². The quantitative estimate of drug-likeness (QED) is 0.305. The molecule has 1 aliphatic rings. The van der Waals surface area contributed by atoms with Gasteiger partial charge in [-0.05, 0) is 25.4 Å². The van der Waals surface area contributed by atoms with Crippen LogP contribution in [-0.2, 0) is 9.53 Å². The number of hydrogen-bond donors (Lipinski definition) is 0. The molecule has 1 aliphatic heterocycles. The van der Waals surface area contributed by atoms with Gasteiger partial charge in [-0.2, -0.15) is 0 Å². The summed E-state index contributed by atoms with van der Waals surface area (Å²) in [6, 6.07) is -0.352. The molecule has 0 amide bonds. The molecule has 84 valence electrons. The molecule has 0 N–H and O–H groups in total. The standard InChI is InChI=1S/C9H16N4O2/c1-3-13-6-7(11-12-10)5-8(13)9(14)15-4-2/h7-8H,3-6H2,1-2H3/t7?,8-/m0/s1. The first kappa shape index (κ1) is 11.8. The molecule has 15 heavy (non-hydrogen) atoms. The van der Waals surface area contributed by atoms with Gasteiger partial charge in [-0.25, -0.2) is 0 Å². The Morgan fingerprint density at radius 3 is 2.93 bits per heavy atom. The molecule has 0 aromatic rings. The second-order valence-electron chi connectivity index (χ2n) is 3.45. The van der Waals surface area contributed by atoms with Crippen LogP contribution >= 0.6 is 0 Å². The number of likely N-dealkylation sites (tertiary alicyclic amines) is 1. The van der Waals surface area contributed by atoms with Gasteiger partial charge in [0.25, 0.3) is 0 Å². The van der Waals surface area contributed by atoms with E-state index in [1.807, 2.05) is 11.8 Å². The van der Waals surface area contributed by atoms with Gasteiger partial charge in [0.05, 0.1) is 12.6 Å². The lowest BCUT2D eigenvalue weighted by Crippen LogP contribution is -2.37. The van der Waals surface area contributed by atoms with E-state index in [2.05, 4.69) is 10.0 Å². The first-order valence-corrected chi connectivity index (χ1v) is 5.17. The van der Waals surface area contributed by atoms with Crippen molar-refractivity contribution < 1.29 is 9.53 Å². The third-order valence-electron chi connectivity index (χ3n) is 2.56. The van der Waals surface area contributed by atoms with E-state index in [0.29, 0.717) is 19.6 Å². The number of ether oxygens (including phenoxy) is 1. The Morgan fingerprint density at radius 1 is 1.67 bits per heavy atom. The molecule has 1 rings (SSSR count). The average Bonchev–Trinajstić information content (AvgIpc) is 2.62. The van der Waals surface area contributed by atoms with Crippen molar-refractivity contribution in [1.82, 2.24) is 4.90 Å². The van der Waals surface area contributed by atoms with E-state index in [1.54, 1.807) is 6.92 Å². The molecule has 0 aliphatic carbocycles. The molecule has 6 heteroatoms.